The Bertz CT molecular complexity index is 154. The summed E-state index contributed by atoms with van der Waals surface area (Å²) in [5, 5.41) is 8.56. The van der Waals surface area contributed by atoms with Crippen LogP contribution in [0.25, 0.3) is 0 Å². The van der Waals surface area contributed by atoms with Crippen LogP contribution in [-0.4, -0.2) is 24.3 Å². The molecule has 0 unspecified atom stereocenters. The number of aliphatic hydroxyl groups excluding tert-OH is 1. The van der Waals surface area contributed by atoms with Crippen molar-refractivity contribution in [2.75, 3.05) is 13.2 Å². The Hall–Kier alpha value is -0.570. The molecule has 14 heavy (non-hydrogen) atoms. The highest BCUT2D eigenvalue weighted by molar-refractivity contribution is 5.76. The van der Waals surface area contributed by atoms with Gasteiger partial charge >= 0.3 is 5.97 Å². The molecule has 1 N–H and O–H groups in total. The number of rotatable bonds is 7. The molecule has 3 nitrogen and oxygen atoms in total. The molecule has 0 fully saturated rings. The molecule has 0 bridgehead atoms. The van der Waals surface area contributed by atoms with E-state index in [4.69, 9.17) is 9.84 Å². The van der Waals surface area contributed by atoms with E-state index in [9.17, 15) is 4.79 Å². The van der Waals surface area contributed by atoms with Crippen LogP contribution in [0.3, 0.4) is 0 Å². The molecule has 0 aliphatic carbocycles. The summed E-state index contributed by atoms with van der Waals surface area (Å²) in [5.74, 6) is -0.113. The smallest absolute Gasteiger partial charge is 0.312 e. The second kappa shape index (κ2) is 6.82. The van der Waals surface area contributed by atoms with E-state index >= 15 is 0 Å². The van der Waals surface area contributed by atoms with Crippen molar-refractivity contribution in [3.63, 3.8) is 0 Å². The highest BCUT2D eigenvalue weighted by atomic mass is 16.5. The van der Waals surface area contributed by atoms with Crippen LogP contribution in [0.4, 0.5) is 0 Å². The van der Waals surface area contributed by atoms with Crippen LogP contribution in [-0.2, 0) is 9.53 Å². The highest BCUT2D eigenvalue weighted by Crippen LogP contribution is 2.31. The van der Waals surface area contributed by atoms with Gasteiger partial charge in [-0.2, -0.15) is 0 Å². The van der Waals surface area contributed by atoms with Gasteiger partial charge < -0.3 is 9.84 Å². The molecule has 0 saturated carbocycles. The first-order chi connectivity index (χ1) is 6.66. The minimum atomic E-state index is -0.310. The van der Waals surface area contributed by atoms with Gasteiger partial charge in [0.25, 0.3) is 0 Å². The summed E-state index contributed by atoms with van der Waals surface area (Å²) in [4.78, 5) is 11.7. The van der Waals surface area contributed by atoms with Gasteiger partial charge in [-0.3, -0.25) is 4.79 Å². The lowest BCUT2D eigenvalue weighted by Gasteiger charge is -2.27. The maximum absolute atomic E-state index is 11.7. The number of carbonyl (C=O) groups excluding carboxylic acids is 1. The summed E-state index contributed by atoms with van der Waals surface area (Å²) >= 11 is 0. The minimum Gasteiger partial charge on any atom is -0.465 e. The van der Waals surface area contributed by atoms with E-state index in [1.54, 1.807) is 0 Å². The Labute approximate surface area is 86.5 Å². The lowest BCUT2D eigenvalue weighted by atomic mass is 9.80. The number of hydrogen-bond donors (Lipinski definition) is 1. The zero-order chi connectivity index (χ0) is 11.0. The largest absolute Gasteiger partial charge is 0.465 e. The molecule has 0 aromatic carbocycles. The van der Waals surface area contributed by atoms with Crippen molar-refractivity contribution in [1.29, 1.82) is 0 Å². The minimum absolute atomic E-state index is 0.0741. The molecule has 0 spiro atoms. The monoisotopic (exact) mass is 202 g/mol. The Kier molecular flexibility index (Phi) is 6.54. The van der Waals surface area contributed by atoms with Crippen molar-refractivity contribution in [3.05, 3.63) is 0 Å². The van der Waals surface area contributed by atoms with Gasteiger partial charge in [-0.1, -0.05) is 20.8 Å². The van der Waals surface area contributed by atoms with E-state index in [0.717, 1.165) is 19.3 Å². The van der Waals surface area contributed by atoms with Crippen molar-refractivity contribution < 1.29 is 14.6 Å². The first kappa shape index (κ1) is 13.4. The SMILES string of the molecule is CCC(CC)(CC)C(=O)OCCCO. The molecule has 0 aromatic rings. The predicted octanol–water partition coefficient (Wildman–Crippen LogP) is 2.13. The molecule has 0 amide bonds. The van der Waals surface area contributed by atoms with Gasteiger partial charge in [0, 0.05) is 13.0 Å². The maximum Gasteiger partial charge on any atom is 0.312 e. The number of esters is 1. The lowest BCUT2D eigenvalue weighted by molar-refractivity contribution is -0.157. The number of aliphatic hydroxyl groups is 1. The fourth-order valence-electron chi connectivity index (χ4n) is 1.57. The van der Waals surface area contributed by atoms with Crippen LogP contribution < -0.4 is 0 Å². The van der Waals surface area contributed by atoms with Crippen molar-refractivity contribution in [2.24, 2.45) is 5.41 Å². The van der Waals surface area contributed by atoms with Crippen LogP contribution in [0.15, 0.2) is 0 Å². The third-order valence-corrected chi connectivity index (χ3v) is 3.00. The van der Waals surface area contributed by atoms with E-state index in [1.165, 1.54) is 0 Å². The maximum atomic E-state index is 11.7. The quantitative estimate of drug-likeness (QED) is 0.508. The van der Waals surface area contributed by atoms with E-state index < -0.39 is 0 Å². The van der Waals surface area contributed by atoms with E-state index in [0.29, 0.717) is 13.0 Å². The van der Waals surface area contributed by atoms with Crippen LogP contribution in [0, 0.1) is 5.41 Å². The van der Waals surface area contributed by atoms with Gasteiger partial charge in [0.2, 0.25) is 0 Å². The number of carbonyl (C=O) groups is 1. The van der Waals surface area contributed by atoms with Crippen molar-refractivity contribution in [2.45, 2.75) is 46.5 Å². The van der Waals surface area contributed by atoms with E-state index in [1.807, 2.05) is 20.8 Å². The molecule has 84 valence electrons. The summed E-state index contributed by atoms with van der Waals surface area (Å²) < 4.78 is 5.12. The Morgan fingerprint density at radius 2 is 1.71 bits per heavy atom. The third kappa shape index (κ3) is 3.29. The van der Waals surface area contributed by atoms with Crippen molar-refractivity contribution >= 4 is 5.97 Å². The average molecular weight is 202 g/mol. The van der Waals surface area contributed by atoms with E-state index in [-0.39, 0.29) is 18.0 Å². The lowest BCUT2D eigenvalue weighted by Crippen LogP contribution is -2.31. The van der Waals surface area contributed by atoms with E-state index in [2.05, 4.69) is 0 Å². The first-order valence-corrected chi connectivity index (χ1v) is 5.45. The van der Waals surface area contributed by atoms with Crippen molar-refractivity contribution in [3.8, 4) is 0 Å². The molecule has 0 rings (SSSR count). The molecule has 3 heteroatoms. The standard InChI is InChI=1S/C11H22O3/c1-4-11(5-2,6-3)10(13)14-9-7-8-12/h12H,4-9H2,1-3H3. The zero-order valence-electron chi connectivity index (χ0n) is 9.51. The number of hydrogen-bond acceptors (Lipinski definition) is 3. The van der Waals surface area contributed by atoms with Gasteiger partial charge in [-0.15, -0.1) is 0 Å². The Balaban J connectivity index is 4.15. The molecule has 0 aliphatic heterocycles. The molecule has 0 saturated heterocycles. The fourth-order valence-corrected chi connectivity index (χ4v) is 1.57. The van der Waals surface area contributed by atoms with Gasteiger partial charge in [0.1, 0.15) is 0 Å². The molecular formula is C11H22O3. The Morgan fingerprint density at radius 3 is 2.07 bits per heavy atom. The van der Waals surface area contributed by atoms with Crippen LogP contribution in [0.1, 0.15) is 46.5 Å². The summed E-state index contributed by atoms with van der Waals surface area (Å²) in [6, 6.07) is 0. The Morgan fingerprint density at radius 1 is 1.21 bits per heavy atom. The van der Waals surface area contributed by atoms with Gasteiger partial charge in [-0.25, -0.2) is 0 Å². The topological polar surface area (TPSA) is 46.5 Å². The van der Waals surface area contributed by atoms with Crippen LogP contribution in [0.2, 0.25) is 0 Å². The van der Waals surface area contributed by atoms with Crippen LogP contribution in [0.5, 0.6) is 0 Å². The molecule has 0 heterocycles. The van der Waals surface area contributed by atoms with Crippen LogP contribution >= 0.6 is 0 Å². The molecule has 0 aliphatic rings. The molecule has 0 atom stereocenters. The summed E-state index contributed by atoms with van der Waals surface area (Å²) in [7, 11) is 0. The summed E-state index contributed by atoms with van der Waals surface area (Å²) in [6.45, 7) is 6.45. The molecule has 0 radical (unpaired) electrons. The predicted molar refractivity (Wildman–Crippen MR) is 56.0 cm³/mol. The highest BCUT2D eigenvalue weighted by Gasteiger charge is 2.34. The summed E-state index contributed by atoms with van der Waals surface area (Å²) in [6.07, 6.45) is 2.98. The molecular weight excluding hydrogens is 180 g/mol. The van der Waals surface area contributed by atoms with Gasteiger partial charge in [0.15, 0.2) is 0 Å². The first-order valence-electron chi connectivity index (χ1n) is 5.45. The number of ether oxygens (including phenoxy) is 1. The fraction of sp³-hybridized carbons (Fsp3) is 0.909. The van der Waals surface area contributed by atoms with Crippen molar-refractivity contribution in [1.82, 2.24) is 0 Å². The normalized spacial score (nSPS) is 11.4. The van der Waals surface area contributed by atoms with Gasteiger partial charge in [0.05, 0.1) is 12.0 Å². The zero-order valence-corrected chi connectivity index (χ0v) is 9.51. The van der Waals surface area contributed by atoms with Gasteiger partial charge in [-0.05, 0) is 19.3 Å². The molecule has 0 aromatic heterocycles. The third-order valence-electron chi connectivity index (χ3n) is 3.00. The second-order valence-electron chi connectivity index (χ2n) is 3.55. The summed E-state index contributed by atoms with van der Waals surface area (Å²) in [5.41, 5.74) is -0.310. The average Bonchev–Trinajstić information content (AvgIpc) is 2.22. The second-order valence-corrected chi connectivity index (χ2v) is 3.55.